The molecule has 2 aromatic carbocycles. The standard InChI is InChI=1S/C24H32N2O2/c1-26(2)24(20-11-7-4-8-12-20)15-13-21(14-16-24)25-22(18-23(27)28)17-19-9-5-3-6-10-19/h3-12,21-22,25H,13-18H2,1-2H3,(H,27,28)/t21?,22-,24?/m0/s1. The summed E-state index contributed by atoms with van der Waals surface area (Å²) >= 11 is 0. The molecule has 1 aliphatic carbocycles. The van der Waals surface area contributed by atoms with Crippen LogP contribution < -0.4 is 5.32 Å². The molecule has 0 radical (unpaired) electrons. The molecule has 0 bridgehead atoms. The highest BCUT2D eigenvalue weighted by atomic mass is 16.4. The van der Waals surface area contributed by atoms with Gasteiger partial charge in [0.1, 0.15) is 0 Å². The maximum Gasteiger partial charge on any atom is 0.304 e. The number of aliphatic carboxylic acids is 1. The first-order chi connectivity index (χ1) is 13.5. The molecule has 3 rings (SSSR count). The fourth-order valence-corrected chi connectivity index (χ4v) is 4.64. The lowest BCUT2D eigenvalue weighted by Gasteiger charge is -2.46. The van der Waals surface area contributed by atoms with Crippen LogP contribution in [0.5, 0.6) is 0 Å². The van der Waals surface area contributed by atoms with Gasteiger partial charge in [-0.1, -0.05) is 60.7 Å². The minimum Gasteiger partial charge on any atom is -0.481 e. The maximum atomic E-state index is 11.4. The second-order valence-electron chi connectivity index (χ2n) is 8.22. The molecule has 4 nitrogen and oxygen atoms in total. The van der Waals surface area contributed by atoms with E-state index in [1.54, 1.807) is 0 Å². The van der Waals surface area contributed by atoms with Crippen LogP contribution >= 0.6 is 0 Å². The van der Waals surface area contributed by atoms with Gasteiger partial charge in [0.05, 0.1) is 6.42 Å². The van der Waals surface area contributed by atoms with E-state index in [1.165, 1.54) is 11.1 Å². The highest BCUT2D eigenvalue weighted by Crippen LogP contribution is 2.41. The summed E-state index contributed by atoms with van der Waals surface area (Å²) in [5.41, 5.74) is 2.63. The van der Waals surface area contributed by atoms with Crippen LogP contribution in [0.1, 0.15) is 43.2 Å². The lowest BCUT2D eigenvalue weighted by Crippen LogP contribution is -2.50. The molecule has 4 heteroatoms. The van der Waals surface area contributed by atoms with Crippen molar-refractivity contribution < 1.29 is 9.90 Å². The highest BCUT2D eigenvalue weighted by molar-refractivity contribution is 5.67. The molecule has 28 heavy (non-hydrogen) atoms. The van der Waals surface area contributed by atoms with Crippen molar-refractivity contribution in [1.29, 1.82) is 0 Å². The molecular formula is C24H32N2O2. The average molecular weight is 381 g/mol. The fraction of sp³-hybridized carbons (Fsp3) is 0.458. The van der Waals surface area contributed by atoms with Gasteiger partial charge >= 0.3 is 5.97 Å². The normalized spacial score (nSPS) is 23.5. The average Bonchev–Trinajstić information content (AvgIpc) is 2.69. The van der Waals surface area contributed by atoms with Crippen molar-refractivity contribution in [2.24, 2.45) is 0 Å². The minimum atomic E-state index is -0.740. The molecule has 0 unspecified atom stereocenters. The van der Waals surface area contributed by atoms with Gasteiger partial charge in [0, 0.05) is 17.6 Å². The van der Waals surface area contributed by atoms with Crippen molar-refractivity contribution in [3.05, 3.63) is 71.8 Å². The monoisotopic (exact) mass is 380 g/mol. The smallest absolute Gasteiger partial charge is 0.304 e. The van der Waals surface area contributed by atoms with E-state index in [-0.39, 0.29) is 18.0 Å². The number of carboxylic acid groups (broad SMARTS) is 1. The second kappa shape index (κ2) is 9.35. The van der Waals surface area contributed by atoms with Crippen molar-refractivity contribution in [3.63, 3.8) is 0 Å². The molecule has 150 valence electrons. The molecule has 0 aliphatic heterocycles. The predicted octanol–water partition coefficient (Wildman–Crippen LogP) is 4.06. The summed E-state index contributed by atoms with van der Waals surface area (Å²) in [7, 11) is 4.34. The van der Waals surface area contributed by atoms with Gasteiger partial charge in [-0.25, -0.2) is 0 Å². The Labute approximate surface area is 168 Å². The van der Waals surface area contributed by atoms with Crippen LogP contribution in [0.2, 0.25) is 0 Å². The lowest BCUT2D eigenvalue weighted by molar-refractivity contribution is -0.137. The summed E-state index contributed by atoms with van der Waals surface area (Å²) in [4.78, 5) is 13.7. The van der Waals surface area contributed by atoms with Crippen molar-refractivity contribution in [2.75, 3.05) is 14.1 Å². The summed E-state index contributed by atoms with van der Waals surface area (Å²) in [6, 6.07) is 21.3. The molecule has 1 saturated carbocycles. The number of carbonyl (C=O) groups is 1. The molecule has 2 N–H and O–H groups in total. The van der Waals surface area contributed by atoms with Crippen LogP contribution in [0.25, 0.3) is 0 Å². The summed E-state index contributed by atoms with van der Waals surface area (Å²) in [6.45, 7) is 0. The zero-order valence-corrected chi connectivity index (χ0v) is 17.0. The Hall–Kier alpha value is -2.17. The number of benzene rings is 2. The number of nitrogens with one attached hydrogen (secondary N) is 1. The molecule has 0 saturated heterocycles. The zero-order valence-electron chi connectivity index (χ0n) is 17.0. The molecular weight excluding hydrogens is 348 g/mol. The van der Waals surface area contributed by atoms with E-state index in [0.717, 1.165) is 32.1 Å². The van der Waals surface area contributed by atoms with Gasteiger partial charge in [-0.3, -0.25) is 9.69 Å². The van der Waals surface area contributed by atoms with Gasteiger partial charge in [0.25, 0.3) is 0 Å². The lowest BCUT2D eigenvalue weighted by atomic mass is 9.74. The van der Waals surface area contributed by atoms with Gasteiger partial charge in [-0.2, -0.15) is 0 Å². The van der Waals surface area contributed by atoms with Crippen LogP contribution in [0.4, 0.5) is 0 Å². The Morgan fingerprint density at radius 2 is 1.64 bits per heavy atom. The molecule has 0 aromatic heterocycles. The number of nitrogens with zero attached hydrogens (tertiary/aromatic N) is 1. The van der Waals surface area contributed by atoms with Gasteiger partial charge in [0.2, 0.25) is 0 Å². The zero-order chi connectivity index (χ0) is 20.0. The third-order valence-electron chi connectivity index (χ3n) is 6.20. The predicted molar refractivity (Wildman–Crippen MR) is 113 cm³/mol. The maximum absolute atomic E-state index is 11.4. The molecule has 2 aromatic rings. The van der Waals surface area contributed by atoms with E-state index < -0.39 is 5.97 Å². The van der Waals surface area contributed by atoms with E-state index in [9.17, 15) is 9.90 Å². The summed E-state index contributed by atoms with van der Waals surface area (Å²) in [5, 5.41) is 13.0. The first-order valence-electron chi connectivity index (χ1n) is 10.2. The Morgan fingerprint density at radius 1 is 1.07 bits per heavy atom. The third kappa shape index (κ3) is 5.00. The molecule has 1 atom stereocenters. The fourth-order valence-electron chi connectivity index (χ4n) is 4.64. The quantitative estimate of drug-likeness (QED) is 0.725. The molecule has 1 fully saturated rings. The van der Waals surface area contributed by atoms with Crippen LogP contribution in [0.3, 0.4) is 0 Å². The van der Waals surface area contributed by atoms with Crippen LogP contribution in [-0.4, -0.2) is 42.2 Å². The third-order valence-corrected chi connectivity index (χ3v) is 6.20. The van der Waals surface area contributed by atoms with Gasteiger partial charge < -0.3 is 10.4 Å². The van der Waals surface area contributed by atoms with Crippen molar-refractivity contribution >= 4 is 5.97 Å². The molecule has 0 heterocycles. The number of carboxylic acids is 1. The van der Waals surface area contributed by atoms with E-state index in [0.29, 0.717) is 6.04 Å². The summed E-state index contributed by atoms with van der Waals surface area (Å²) in [6.07, 6.45) is 5.17. The van der Waals surface area contributed by atoms with Gasteiger partial charge in [-0.05, 0) is 57.3 Å². The van der Waals surface area contributed by atoms with Gasteiger partial charge in [0.15, 0.2) is 0 Å². The van der Waals surface area contributed by atoms with Crippen LogP contribution in [-0.2, 0) is 16.8 Å². The van der Waals surface area contributed by atoms with E-state index in [2.05, 4.69) is 66.8 Å². The van der Waals surface area contributed by atoms with Crippen LogP contribution in [0.15, 0.2) is 60.7 Å². The second-order valence-corrected chi connectivity index (χ2v) is 8.22. The summed E-state index contributed by atoms with van der Waals surface area (Å²) in [5.74, 6) is -0.740. The SMILES string of the molecule is CN(C)C1(c2ccccc2)CCC(N[C@H](CC(=O)O)Cc2ccccc2)CC1. The van der Waals surface area contributed by atoms with Crippen molar-refractivity contribution in [2.45, 2.75) is 56.1 Å². The Morgan fingerprint density at radius 3 is 2.18 bits per heavy atom. The molecule has 0 spiro atoms. The van der Waals surface area contributed by atoms with Crippen molar-refractivity contribution in [1.82, 2.24) is 10.2 Å². The van der Waals surface area contributed by atoms with E-state index >= 15 is 0 Å². The Kier molecular flexibility index (Phi) is 6.87. The Bertz CT molecular complexity index is 738. The number of rotatable bonds is 8. The highest BCUT2D eigenvalue weighted by Gasteiger charge is 2.39. The first-order valence-corrected chi connectivity index (χ1v) is 10.2. The first kappa shape index (κ1) is 20.6. The van der Waals surface area contributed by atoms with Crippen molar-refractivity contribution in [3.8, 4) is 0 Å². The summed E-state index contributed by atoms with van der Waals surface area (Å²) < 4.78 is 0. The topological polar surface area (TPSA) is 52.6 Å². The molecule has 0 amide bonds. The minimum absolute atomic E-state index is 0.0338. The van der Waals surface area contributed by atoms with E-state index in [1.807, 2.05) is 18.2 Å². The van der Waals surface area contributed by atoms with E-state index in [4.69, 9.17) is 0 Å². The number of hydrogen-bond donors (Lipinski definition) is 2. The molecule has 1 aliphatic rings. The van der Waals surface area contributed by atoms with Gasteiger partial charge in [-0.15, -0.1) is 0 Å². The Balaban J connectivity index is 1.66. The van der Waals surface area contributed by atoms with Crippen LogP contribution in [0, 0.1) is 0 Å². The largest absolute Gasteiger partial charge is 0.481 e. The number of hydrogen-bond acceptors (Lipinski definition) is 3.